The van der Waals surface area contributed by atoms with Gasteiger partial charge in [0.2, 0.25) is 5.91 Å². The summed E-state index contributed by atoms with van der Waals surface area (Å²) in [5.74, 6) is 0.0819. The fraction of sp³-hybridized carbons (Fsp3) is 0.533. The van der Waals surface area contributed by atoms with E-state index >= 15 is 0 Å². The Morgan fingerprint density at radius 1 is 1.32 bits per heavy atom. The SMILES string of the molecule is O=C(Cc1ccccc1)NCCCCOCC1CO1. The summed E-state index contributed by atoms with van der Waals surface area (Å²) in [5.41, 5.74) is 1.05. The molecular formula is C15H21NO3. The number of unbranched alkanes of at least 4 members (excludes halogenated alkanes) is 1. The lowest BCUT2D eigenvalue weighted by Crippen LogP contribution is -2.26. The summed E-state index contributed by atoms with van der Waals surface area (Å²) >= 11 is 0. The summed E-state index contributed by atoms with van der Waals surface area (Å²) in [7, 11) is 0. The first-order valence-corrected chi connectivity index (χ1v) is 6.84. The average Bonchev–Trinajstić information content (AvgIpc) is 3.23. The number of benzene rings is 1. The van der Waals surface area contributed by atoms with Crippen LogP contribution in [0.1, 0.15) is 18.4 Å². The van der Waals surface area contributed by atoms with E-state index in [9.17, 15) is 4.79 Å². The number of ether oxygens (including phenoxy) is 2. The van der Waals surface area contributed by atoms with Gasteiger partial charge in [-0.2, -0.15) is 0 Å². The first kappa shape index (κ1) is 14.0. The Balaban J connectivity index is 1.44. The summed E-state index contributed by atoms with van der Waals surface area (Å²) in [4.78, 5) is 11.6. The highest BCUT2D eigenvalue weighted by molar-refractivity contribution is 5.78. The summed E-state index contributed by atoms with van der Waals surface area (Å²) < 4.78 is 10.5. The Morgan fingerprint density at radius 2 is 2.11 bits per heavy atom. The number of rotatable bonds is 9. The maximum absolute atomic E-state index is 11.6. The molecule has 1 unspecified atom stereocenters. The molecule has 1 aliphatic rings. The van der Waals surface area contributed by atoms with Gasteiger partial charge in [-0.3, -0.25) is 4.79 Å². The van der Waals surface area contributed by atoms with Crippen molar-refractivity contribution in [1.29, 1.82) is 0 Å². The second-order valence-electron chi connectivity index (χ2n) is 4.75. The molecule has 1 N–H and O–H groups in total. The molecule has 0 spiro atoms. The lowest BCUT2D eigenvalue weighted by molar-refractivity contribution is -0.120. The van der Waals surface area contributed by atoms with Crippen molar-refractivity contribution >= 4 is 5.91 Å². The van der Waals surface area contributed by atoms with E-state index in [-0.39, 0.29) is 5.91 Å². The van der Waals surface area contributed by atoms with Crippen LogP contribution in [0.4, 0.5) is 0 Å². The largest absolute Gasteiger partial charge is 0.379 e. The number of amides is 1. The van der Waals surface area contributed by atoms with E-state index in [4.69, 9.17) is 9.47 Å². The first-order valence-electron chi connectivity index (χ1n) is 6.84. The topological polar surface area (TPSA) is 50.9 Å². The van der Waals surface area contributed by atoms with Gasteiger partial charge in [0.1, 0.15) is 6.10 Å². The molecule has 2 rings (SSSR count). The summed E-state index contributed by atoms with van der Waals surface area (Å²) in [6, 6.07) is 9.78. The minimum atomic E-state index is 0.0819. The number of epoxide rings is 1. The molecule has 0 saturated carbocycles. The first-order chi connectivity index (χ1) is 9.34. The predicted molar refractivity (Wildman–Crippen MR) is 72.9 cm³/mol. The Morgan fingerprint density at radius 3 is 2.84 bits per heavy atom. The molecule has 19 heavy (non-hydrogen) atoms. The second kappa shape index (κ2) is 7.92. The van der Waals surface area contributed by atoms with Gasteiger partial charge >= 0.3 is 0 Å². The van der Waals surface area contributed by atoms with Crippen LogP contribution in [-0.4, -0.2) is 38.4 Å². The third-order valence-electron chi connectivity index (χ3n) is 2.95. The smallest absolute Gasteiger partial charge is 0.224 e. The van der Waals surface area contributed by atoms with Gasteiger partial charge in [-0.15, -0.1) is 0 Å². The number of carbonyl (C=O) groups is 1. The summed E-state index contributed by atoms with van der Waals surface area (Å²) in [5, 5.41) is 2.92. The highest BCUT2D eigenvalue weighted by Gasteiger charge is 2.21. The fourth-order valence-corrected chi connectivity index (χ4v) is 1.78. The van der Waals surface area contributed by atoms with Crippen LogP contribution in [-0.2, 0) is 20.7 Å². The van der Waals surface area contributed by atoms with Gasteiger partial charge < -0.3 is 14.8 Å². The molecule has 1 amide bonds. The van der Waals surface area contributed by atoms with Crippen LogP contribution in [0.5, 0.6) is 0 Å². The molecule has 104 valence electrons. The molecule has 0 aliphatic carbocycles. The molecular weight excluding hydrogens is 242 g/mol. The van der Waals surface area contributed by atoms with Crippen LogP contribution in [0.3, 0.4) is 0 Å². The third-order valence-corrected chi connectivity index (χ3v) is 2.95. The van der Waals surface area contributed by atoms with Crippen molar-refractivity contribution in [3.05, 3.63) is 35.9 Å². The lowest BCUT2D eigenvalue weighted by atomic mass is 10.1. The van der Waals surface area contributed by atoms with Gasteiger partial charge in [-0.25, -0.2) is 0 Å². The minimum Gasteiger partial charge on any atom is -0.379 e. The fourth-order valence-electron chi connectivity index (χ4n) is 1.78. The van der Waals surface area contributed by atoms with E-state index in [1.165, 1.54) is 0 Å². The van der Waals surface area contributed by atoms with Gasteiger partial charge in [0.25, 0.3) is 0 Å². The van der Waals surface area contributed by atoms with Crippen molar-refractivity contribution < 1.29 is 14.3 Å². The Labute approximate surface area is 114 Å². The highest BCUT2D eigenvalue weighted by atomic mass is 16.6. The van der Waals surface area contributed by atoms with Crippen LogP contribution in [0, 0.1) is 0 Å². The molecule has 1 aromatic carbocycles. The van der Waals surface area contributed by atoms with Gasteiger partial charge in [0, 0.05) is 13.2 Å². The van der Waals surface area contributed by atoms with Crippen LogP contribution >= 0.6 is 0 Å². The quantitative estimate of drug-likeness (QED) is 0.543. The van der Waals surface area contributed by atoms with Crippen LogP contribution in [0.15, 0.2) is 30.3 Å². The zero-order valence-corrected chi connectivity index (χ0v) is 11.1. The molecule has 4 nitrogen and oxygen atoms in total. The van der Waals surface area contributed by atoms with Gasteiger partial charge in [-0.1, -0.05) is 30.3 Å². The van der Waals surface area contributed by atoms with Crippen molar-refractivity contribution in [2.45, 2.75) is 25.4 Å². The third kappa shape index (κ3) is 6.36. The van der Waals surface area contributed by atoms with Crippen molar-refractivity contribution in [1.82, 2.24) is 5.32 Å². The normalized spacial score (nSPS) is 17.2. The van der Waals surface area contributed by atoms with Gasteiger partial charge in [0.15, 0.2) is 0 Å². The molecule has 1 fully saturated rings. The highest BCUT2D eigenvalue weighted by Crippen LogP contribution is 2.08. The van der Waals surface area contributed by atoms with Crippen molar-refractivity contribution in [3.8, 4) is 0 Å². The van der Waals surface area contributed by atoms with Crippen molar-refractivity contribution in [3.63, 3.8) is 0 Å². The summed E-state index contributed by atoms with van der Waals surface area (Å²) in [6.45, 7) is 3.01. The second-order valence-corrected chi connectivity index (χ2v) is 4.75. The number of carbonyl (C=O) groups excluding carboxylic acids is 1. The molecule has 0 aromatic heterocycles. The molecule has 0 bridgehead atoms. The summed E-state index contributed by atoms with van der Waals surface area (Å²) in [6.07, 6.45) is 2.71. The van der Waals surface area contributed by atoms with E-state index < -0.39 is 0 Å². The Kier molecular flexibility index (Phi) is 5.85. The van der Waals surface area contributed by atoms with E-state index in [0.717, 1.165) is 38.2 Å². The number of nitrogens with one attached hydrogen (secondary N) is 1. The zero-order chi connectivity index (χ0) is 13.3. The zero-order valence-electron chi connectivity index (χ0n) is 11.1. The molecule has 1 aromatic rings. The minimum absolute atomic E-state index is 0.0819. The van der Waals surface area contributed by atoms with Crippen LogP contribution in [0.2, 0.25) is 0 Å². The molecule has 0 radical (unpaired) electrons. The average molecular weight is 263 g/mol. The van der Waals surface area contributed by atoms with E-state index in [1.807, 2.05) is 30.3 Å². The monoisotopic (exact) mass is 263 g/mol. The molecule has 4 heteroatoms. The standard InChI is InChI=1S/C15H21NO3/c17-15(10-13-6-2-1-3-7-13)16-8-4-5-9-18-11-14-12-19-14/h1-3,6-7,14H,4-5,8-12H2,(H,16,17). The maximum atomic E-state index is 11.6. The molecule has 1 heterocycles. The molecule has 1 aliphatic heterocycles. The predicted octanol–water partition coefficient (Wildman–Crippen LogP) is 1.54. The number of hydrogen-bond acceptors (Lipinski definition) is 3. The van der Waals surface area contributed by atoms with E-state index in [2.05, 4.69) is 5.32 Å². The van der Waals surface area contributed by atoms with Gasteiger partial charge in [0.05, 0.1) is 19.6 Å². The van der Waals surface area contributed by atoms with Crippen LogP contribution in [0.25, 0.3) is 0 Å². The Hall–Kier alpha value is -1.39. The van der Waals surface area contributed by atoms with E-state index in [0.29, 0.717) is 19.1 Å². The Bertz CT molecular complexity index is 376. The number of hydrogen-bond donors (Lipinski definition) is 1. The molecule has 1 saturated heterocycles. The van der Waals surface area contributed by atoms with Crippen LogP contribution < -0.4 is 5.32 Å². The molecule has 1 atom stereocenters. The maximum Gasteiger partial charge on any atom is 0.224 e. The van der Waals surface area contributed by atoms with E-state index in [1.54, 1.807) is 0 Å². The van der Waals surface area contributed by atoms with Gasteiger partial charge in [-0.05, 0) is 18.4 Å². The van der Waals surface area contributed by atoms with Crippen molar-refractivity contribution in [2.24, 2.45) is 0 Å². The lowest BCUT2D eigenvalue weighted by Gasteiger charge is -2.05. The van der Waals surface area contributed by atoms with Crippen molar-refractivity contribution in [2.75, 3.05) is 26.4 Å².